The fraction of sp³-hybridized carbons (Fsp3) is 0.700. The summed E-state index contributed by atoms with van der Waals surface area (Å²) in [4.78, 5) is 10.5. The van der Waals surface area contributed by atoms with Gasteiger partial charge in [-0.15, -0.1) is 0 Å². The molecule has 0 aromatic rings. The summed E-state index contributed by atoms with van der Waals surface area (Å²) in [5, 5.41) is 8.59. The summed E-state index contributed by atoms with van der Waals surface area (Å²) in [6, 6.07) is 0.00167. The molecule has 0 radical (unpaired) electrons. The third kappa shape index (κ3) is 4.68. The van der Waals surface area contributed by atoms with Gasteiger partial charge in [-0.25, -0.2) is 4.79 Å². The number of aliphatic carboxylic acids is 1. The van der Waals surface area contributed by atoms with Crippen molar-refractivity contribution in [1.82, 2.24) is 0 Å². The third-order valence-electron chi connectivity index (χ3n) is 2.13. The molecule has 76 valence electrons. The standard InChI is InChI=1S/C10H19NO2/c1-7(9(12)13)5-6-8(11)10(2,3)4/h5,8H,6,11H2,1-4H3,(H,12,13). The van der Waals surface area contributed by atoms with E-state index in [1.807, 2.05) is 20.8 Å². The number of hydrogen-bond donors (Lipinski definition) is 2. The van der Waals surface area contributed by atoms with Gasteiger partial charge in [0, 0.05) is 11.6 Å². The molecule has 0 amide bonds. The van der Waals surface area contributed by atoms with Gasteiger partial charge in [0.25, 0.3) is 0 Å². The van der Waals surface area contributed by atoms with E-state index in [9.17, 15) is 4.79 Å². The molecule has 3 N–H and O–H groups in total. The number of rotatable bonds is 3. The summed E-state index contributed by atoms with van der Waals surface area (Å²) < 4.78 is 0. The smallest absolute Gasteiger partial charge is 0.330 e. The first-order valence-corrected chi connectivity index (χ1v) is 4.40. The van der Waals surface area contributed by atoms with E-state index in [2.05, 4.69) is 0 Å². The molecule has 1 unspecified atom stereocenters. The Kier molecular flexibility index (Phi) is 4.14. The van der Waals surface area contributed by atoms with Crippen LogP contribution in [0.25, 0.3) is 0 Å². The quantitative estimate of drug-likeness (QED) is 0.659. The monoisotopic (exact) mass is 185 g/mol. The summed E-state index contributed by atoms with van der Waals surface area (Å²) in [5.41, 5.74) is 6.25. The third-order valence-corrected chi connectivity index (χ3v) is 2.13. The molecule has 0 aromatic heterocycles. The van der Waals surface area contributed by atoms with Crippen molar-refractivity contribution in [2.24, 2.45) is 11.1 Å². The maximum absolute atomic E-state index is 10.5. The zero-order valence-corrected chi connectivity index (χ0v) is 8.79. The van der Waals surface area contributed by atoms with Crippen molar-refractivity contribution in [3.63, 3.8) is 0 Å². The predicted octanol–water partition coefficient (Wildman–Crippen LogP) is 1.78. The topological polar surface area (TPSA) is 63.3 Å². The molecule has 0 rings (SSSR count). The summed E-state index contributed by atoms with van der Waals surface area (Å²) >= 11 is 0. The summed E-state index contributed by atoms with van der Waals surface area (Å²) in [5.74, 6) is -0.874. The first-order chi connectivity index (χ1) is 5.75. The Labute approximate surface area is 79.6 Å². The van der Waals surface area contributed by atoms with E-state index in [0.717, 1.165) is 0 Å². The molecule has 0 spiro atoms. The fourth-order valence-electron chi connectivity index (χ4n) is 0.745. The van der Waals surface area contributed by atoms with Crippen molar-refractivity contribution in [1.29, 1.82) is 0 Å². The minimum atomic E-state index is -0.874. The van der Waals surface area contributed by atoms with Gasteiger partial charge in [-0.05, 0) is 18.8 Å². The van der Waals surface area contributed by atoms with Crippen LogP contribution >= 0.6 is 0 Å². The highest BCUT2D eigenvalue weighted by Gasteiger charge is 2.19. The van der Waals surface area contributed by atoms with Crippen LogP contribution in [0.1, 0.15) is 34.1 Å². The van der Waals surface area contributed by atoms with Gasteiger partial charge in [0.2, 0.25) is 0 Å². The normalized spacial score (nSPS) is 15.6. The van der Waals surface area contributed by atoms with Crippen LogP contribution in [-0.4, -0.2) is 17.1 Å². The molecule has 1 atom stereocenters. The van der Waals surface area contributed by atoms with Gasteiger partial charge in [0.15, 0.2) is 0 Å². The Morgan fingerprint density at radius 2 is 2.00 bits per heavy atom. The minimum Gasteiger partial charge on any atom is -0.478 e. The number of hydrogen-bond acceptors (Lipinski definition) is 2. The Hall–Kier alpha value is -0.830. The van der Waals surface area contributed by atoms with Gasteiger partial charge < -0.3 is 10.8 Å². The van der Waals surface area contributed by atoms with Gasteiger partial charge in [-0.1, -0.05) is 26.8 Å². The van der Waals surface area contributed by atoms with Gasteiger partial charge in [-0.2, -0.15) is 0 Å². The van der Waals surface area contributed by atoms with Crippen LogP contribution in [0.5, 0.6) is 0 Å². The zero-order chi connectivity index (χ0) is 10.6. The van der Waals surface area contributed by atoms with Gasteiger partial charge in [-0.3, -0.25) is 0 Å². The van der Waals surface area contributed by atoms with Crippen molar-refractivity contribution < 1.29 is 9.90 Å². The van der Waals surface area contributed by atoms with Crippen LogP contribution in [0.2, 0.25) is 0 Å². The maximum atomic E-state index is 10.5. The fourth-order valence-corrected chi connectivity index (χ4v) is 0.745. The van der Waals surface area contributed by atoms with E-state index >= 15 is 0 Å². The molecular formula is C10H19NO2. The molecule has 3 heteroatoms. The Morgan fingerprint density at radius 1 is 1.54 bits per heavy atom. The highest BCUT2D eigenvalue weighted by molar-refractivity contribution is 5.85. The summed E-state index contributed by atoms with van der Waals surface area (Å²) in [7, 11) is 0. The number of carboxylic acid groups (broad SMARTS) is 1. The van der Waals surface area contributed by atoms with Crippen LogP contribution in [0.15, 0.2) is 11.6 Å². The lowest BCUT2D eigenvalue weighted by atomic mass is 9.85. The lowest BCUT2D eigenvalue weighted by Crippen LogP contribution is -2.34. The maximum Gasteiger partial charge on any atom is 0.330 e. The van der Waals surface area contributed by atoms with E-state index in [1.54, 1.807) is 13.0 Å². The second-order valence-electron chi connectivity index (χ2n) is 4.40. The molecule has 0 aromatic carbocycles. The lowest BCUT2D eigenvalue weighted by Gasteiger charge is -2.25. The van der Waals surface area contributed by atoms with Crippen molar-refractivity contribution in [3.05, 3.63) is 11.6 Å². The number of carbonyl (C=O) groups is 1. The van der Waals surface area contributed by atoms with Crippen LogP contribution in [0.3, 0.4) is 0 Å². The molecule has 0 fully saturated rings. The molecule has 0 aliphatic heterocycles. The van der Waals surface area contributed by atoms with Crippen molar-refractivity contribution in [2.75, 3.05) is 0 Å². The average molecular weight is 185 g/mol. The van der Waals surface area contributed by atoms with Crippen molar-refractivity contribution in [2.45, 2.75) is 40.2 Å². The summed E-state index contributed by atoms with van der Waals surface area (Å²) in [6.45, 7) is 7.71. The van der Waals surface area contributed by atoms with Crippen molar-refractivity contribution >= 4 is 5.97 Å². The van der Waals surface area contributed by atoms with Crippen molar-refractivity contribution in [3.8, 4) is 0 Å². The second kappa shape index (κ2) is 4.42. The predicted molar refractivity (Wildman–Crippen MR) is 53.4 cm³/mol. The molecule has 0 aliphatic rings. The highest BCUT2D eigenvalue weighted by atomic mass is 16.4. The molecule has 3 nitrogen and oxygen atoms in total. The summed E-state index contributed by atoms with van der Waals surface area (Å²) in [6.07, 6.45) is 2.29. The molecular weight excluding hydrogens is 166 g/mol. The SMILES string of the molecule is CC(=CCC(N)C(C)(C)C)C(=O)O. The van der Waals surface area contributed by atoms with E-state index in [0.29, 0.717) is 12.0 Å². The van der Waals surface area contributed by atoms with Gasteiger partial charge in [0.05, 0.1) is 0 Å². The van der Waals surface area contributed by atoms with Gasteiger partial charge >= 0.3 is 5.97 Å². The first kappa shape index (κ1) is 12.2. The number of nitrogens with two attached hydrogens (primary N) is 1. The van der Waals surface area contributed by atoms with E-state index in [4.69, 9.17) is 10.8 Å². The number of carboxylic acids is 1. The Morgan fingerprint density at radius 3 is 2.31 bits per heavy atom. The van der Waals surface area contributed by atoms with Crippen LogP contribution in [-0.2, 0) is 4.79 Å². The molecule has 0 heterocycles. The Balaban J connectivity index is 4.17. The van der Waals surface area contributed by atoms with Crippen LogP contribution < -0.4 is 5.73 Å². The average Bonchev–Trinajstić information content (AvgIpc) is 1.97. The molecule has 0 saturated heterocycles. The van der Waals surface area contributed by atoms with E-state index in [1.165, 1.54) is 0 Å². The zero-order valence-electron chi connectivity index (χ0n) is 8.79. The van der Waals surface area contributed by atoms with E-state index in [-0.39, 0.29) is 11.5 Å². The minimum absolute atomic E-state index is 0.00167. The first-order valence-electron chi connectivity index (χ1n) is 4.40. The van der Waals surface area contributed by atoms with Crippen LogP contribution in [0, 0.1) is 5.41 Å². The molecule has 0 saturated carbocycles. The second-order valence-corrected chi connectivity index (χ2v) is 4.40. The van der Waals surface area contributed by atoms with Gasteiger partial charge in [0.1, 0.15) is 0 Å². The molecule has 0 bridgehead atoms. The Bertz CT molecular complexity index is 213. The molecule has 13 heavy (non-hydrogen) atoms. The van der Waals surface area contributed by atoms with Crippen LogP contribution in [0.4, 0.5) is 0 Å². The lowest BCUT2D eigenvalue weighted by molar-refractivity contribution is -0.132. The largest absolute Gasteiger partial charge is 0.478 e. The van der Waals surface area contributed by atoms with E-state index < -0.39 is 5.97 Å². The highest BCUT2D eigenvalue weighted by Crippen LogP contribution is 2.20. The molecule has 0 aliphatic carbocycles.